The third kappa shape index (κ3) is 6.32. The van der Waals surface area contributed by atoms with E-state index in [2.05, 4.69) is 25.4 Å². The van der Waals surface area contributed by atoms with Gasteiger partial charge in [0.15, 0.2) is 5.16 Å². The van der Waals surface area contributed by atoms with Crippen LogP contribution in [-0.2, 0) is 22.4 Å². The number of thioether (sulfide) groups is 1. The molecule has 29 heavy (non-hydrogen) atoms. The van der Waals surface area contributed by atoms with Crippen molar-refractivity contribution < 1.29 is 9.59 Å². The molecular formula is C21H29N5O2S. The first-order valence-electron chi connectivity index (χ1n) is 10.2. The molecule has 156 valence electrons. The van der Waals surface area contributed by atoms with Crippen LogP contribution in [-0.4, -0.2) is 45.9 Å². The van der Waals surface area contributed by atoms with Gasteiger partial charge in [-0.25, -0.2) is 0 Å². The summed E-state index contributed by atoms with van der Waals surface area (Å²) >= 11 is 1.64. The summed E-state index contributed by atoms with van der Waals surface area (Å²) in [5.74, 6) is 0.681. The van der Waals surface area contributed by atoms with Crippen molar-refractivity contribution >= 4 is 23.6 Å². The zero-order valence-corrected chi connectivity index (χ0v) is 17.7. The van der Waals surface area contributed by atoms with Crippen LogP contribution in [0.4, 0.5) is 0 Å². The van der Waals surface area contributed by atoms with Crippen LogP contribution in [0.15, 0.2) is 35.5 Å². The average molecular weight is 416 g/mol. The largest absolute Gasteiger partial charge is 0.355 e. The summed E-state index contributed by atoms with van der Waals surface area (Å²) < 4.78 is 2.29. The maximum absolute atomic E-state index is 12.0. The van der Waals surface area contributed by atoms with Gasteiger partial charge in [0.25, 0.3) is 0 Å². The minimum Gasteiger partial charge on any atom is -0.355 e. The Morgan fingerprint density at radius 2 is 1.86 bits per heavy atom. The third-order valence-electron chi connectivity index (χ3n) is 5.16. The van der Waals surface area contributed by atoms with Gasteiger partial charge in [-0.2, -0.15) is 0 Å². The second-order valence-corrected chi connectivity index (χ2v) is 8.08. The molecule has 1 aromatic carbocycles. The first-order valence-corrected chi connectivity index (χ1v) is 11.4. The average Bonchev–Trinajstić information content (AvgIpc) is 3.39. The maximum atomic E-state index is 12.0. The molecule has 1 heterocycles. The lowest BCUT2D eigenvalue weighted by Crippen LogP contribution is -2.38. The molecule has 0 bridgehead atoms. The Bertz CT molecular complexity index is 803. The molecule has 0 unspecified atom stereocenters. The van der Waals surface area contributed by atoms with Crippen LogP contribution in [0.3, 0.4) is 0 Å². The fourth-order valence-electron chi connectivity index (χ4n) is 3.71. The van der Waals surface area contributed by atoms with Crippen molar-refractivity contribution in [2.24, 2.45) is 0 Å². The molecule has 0 radical (unpaired) electrons. The molecule has 3 rings (SSSR count). The Labute approximate surface area is 176 Å². The zero-order valence-electron chi connectivity index (χ0n) is 16.9. The first kappa shape index (κ1) is 21.4. The fourth-order valence-corrected chi connectivity index (χ4v) is 4.28. The van der Waals surface area contributed by atoms with Gasteiger partial charge in [0.1, 0.15) is 5.82 Å². The number of aromatic nitrogens is 3. The Balaban J connectivity index is 1.36. The number of carbonyl (C=O) groups is 2. The van der Waals surface area contributed by atoms with Crippen molar-refractivity contribution in [3.8, 4) is 0 Å². The van der Waals surface area contributed by atoms with Crippen LogP contribution >= 0.6 is 11.8 Å². The van der Waals surface area contributed by atoms with Crippen LogP contribution in [0.25, 0.3) is 0 Å². The topological polar surface area (TPSA) is 88.9 Å². The van der Waals surface area contributed by atoms with Crippen LogP contribution in [0.2, 0.25) is 0 Å². The molecule has 0 atom stereocenters. The van der Waals surface area contributed by atoms with E-state index >= 15 is 0 Å². The number of amides is 2. The van der Waals surface area contributed by atoms with E-state index in [4.69, 9.17) is 0 Å². The SMILES string of the molecule is CSc1nnc(CCCNC(=O)CNC(=O)Cc2ccccc2)n1C1CCCC1. The van der Waals surface area contributed by atoms with Gasteiger partial charge in [0, 0.05) is 19.0 Å². The molecule has 2 aromatic rings. The van der Waals surface area contributed by atoms with E-state index in [0.717, 1.165) is 29.4 Å². The maximum Gasteiger partial charge on any atom is 0.239 e. The standard InChI is InChI=1S/C21H29N5O2S/c1-29-21-25-24-18(26(21)17-10-5-6-11-17)12-7-13-22-20(28)15-23-19(27)14-16-8-3-2-4-9-16/h2-4,8-9,17H,5-7,10-15H2,1H3,(H,22,28)(H,23,27). The highest BCUT2D eigenvalue weighted by molar-refractivity contribution is 7.98. The normalized spacial score (nSPS) is 14.1. The summed E-state index contributed by atoms with van der Waals surface area (Å²) in [4.78, 5) is 23.9. The summed E-state index contributed by atoms with van der Waals surface area (Å²) in [5.41, 5.74) is 0.932. The molecule has 1 aliphatic rings. The minimum absolute atomic E-state index is 0.000542. The van der Waals surface area contributed by atoms with Crippen LogP contribution in [0, 0.1) is 0 Å². The Kier molecular flexibility index (Phi) is 8.10. The number of aryl methyl sites for hydroxylation is 1. The number of nitrogens with zero attached hydrogens (tertiary/aromatic N) is 3. The van der Waals surface area contributed by atoms with E-state index in [1.54, 1.807) is 11.8 Å². The van der Waals surface area contributed by atoms with Gasteiger partial charge in [-0.15, -0.1) is 10.2 Å². The Morgan fingerprint density at radius 1 is 1.10 bits per heavy atom. The molecule has 7 nitrogen and oxygen atoms in total. The molecule has 1 saturated carbocycles. The van der Waals surface area contributed by atoms with E-state index in [0.29, 0.717) is 12.6 Å². The van der Waals surface area contributed by atoms with Gasteiger partial charge >= 0.3 is 0 Å². The van der Waals surface area contributed by atoms with Gasteiger partial charge < -0.3 is 15.2 Å². The lowest BCUT2D eigenvalue weighted by molar-refractivity contribution is -0.125. The molecule has 2 amide bonds. The van der Waals surface area contributed by atoms with Crippen LogP contribution in [0.1, 0.15) is 49.5 Å². The molecule has 0 aliphatic heterocycles. The number of rotatable bonds is 10. The molecule has 1 fully saturated rings. The van der Waals surface area contributed by atoms with Gasteiger partial charge in [-0.05, 0) is 31.1 Å². The van der Waals surface area contributed by atoms with E-state index < -0.39 is 0 Å². The van der Waals surface area contributed by atoms with Crippen molar-refractivity contribution in [1.29, 1.82) is 0 Å². The third-order valence-corrected chi connectivity index (χ3v) is 5.80. The van der Waals surface area contributed by atoms with Crippen molar-refractivity contribution in [1.82, 2.24) is 25.4 Å². The Morgan fingerprint density at radius 3 is 2.59 bits per heavy atom. The van der Waals surface area contributed by atoms with Gasteiger partial charge in [0.05, 0.1) is 13.0 Å². The van der Waals surface area contributed by atoms with Gasteiger partial charge in [-0.1, -0.05) is 54.9 Å². The predicted octanol–water partition coefficient (Wildman–Crippen LogP) is 2.52. The van der Waals surface area contributed by atoms with Crippen molar-refractivity contribution in [2.75, 3.05) is 19.3 Å². The molecule has 8 heteroatoms. The zero-order chi connectivity index (χ0) is 20.5. The number of hydrogen-bond donors (Lipinski definition) is 2. The summed E-state index contributed by atoms with van der Waals surface area (Å²) in [5, 5.41) is 15.2. The monoisotopic (exact) mass is 415 g/mol. The van der Waals surface area contributed by atoms with Crippen LogP contribution < -0.4 is 10.6 Å². The molecule has 2 N–H and O–H groups in total. The summed E-state index contributed by atoms with van der Waals surface area (Å²) in [6, 6.07) is 10.00. The number of carbonyl (C=O) groups excluding carboxylic acids is 2. The van der Waals surface area contributed by atoms with Gasteiger partial charge in [0.2, 0.25) is 11.8 Å². The van der Waals surface area contributed by atoms with Crippen LogP contribution in [0.5, 0.6) is 0 Å². The second kappa shape index (κ2) is 11.0. The highest BCUT2D eigenvalue weighted by atomic mass is 32.2. The lowest BCUT2D eigenvalue weighted by atomic mass is 10.1. The van der Waals surface area contributed by atoms with E-state index in [1.807, 2.05) is 36.6 Å². The van der Waals surface area contributed by atoms with Crippen molar-refractivity contribution in [2.45, 2.75) is 56.1 Å². The highest BCUT2D eigenvalue weighted by Crippen LogP contribution is 2.33. The molecule has 0 saturated heterocycles. The Hall–Kier alpha value is -2.35. The quantitative estimate of drug-likeness (QED) is 0.460. The van der Waals surface area contributed by atoms with E-state index in [1.165, 1.54) is 25.7 Å². The van der Waals surface area contributed by atoms with E-state index in [-0.39, 0.29) is 24.8 Å². The predicted molar refractivity (Wildman–Crippen MR) is 114 cm³/mol. The number of nitrogens with one attached hydrogen (secondary N) is 2. The minimum atomic E-state index is -0.173. The molecular weight excluding hydrogens is 386 g/mol. The van der Waals surface area contributed by atoms with Crippen molar-refractivity contribution in [3.05, 3.63) is 41.7 Å². The summed E-state index contributed by atoms with van der Waals surface area (Å²) in [7, 11) is 0. The van der Waals surface area contributed by atoms with Crippen molar-refractivity contribution in [3.63, 3.8) is 0 Å². The number of hydrogen-bond acceptors (Lipinski definition) is 5. The molecule has 0 spiro atoms. The molecule has 1 aliphatic carbocycles. The highest BCUT2D eigenvalue weighted by Gasteiger charge is 2.23. The summed E-state index contributed by atoms with van der Waals surface area (Å²) in [6.07, 6.45) is 8.81. The first-order chi connectivity index (χ1) is 14.2. The van der Waals surface area contributed by atoms with Gasteiger partial charge in [-0.3, -0.25) is 9.59 Å². The fraction of sp³-hybridized carbons (Fsp3) is 0.524. The smallest absolute Gasteiger partial charge is 0.239 e. The second-order valence-electron chi connectivity index (χ2n) is 7.30. The molecule has 1 aromatic heterocycles. The summed E-state index contributed by atoms with van der Waals surface area (Å²) in [6.45, 7) is 0.556. The number of benzene rings is 1. The van der Waals surface area contributed by atoms with E-state index in [9.17, 15) is 9.59 Å². The lowest BCUT2D eigenvalue weighted by Gasteiger charge is -2.16.